The smallest absolute Gasteiger partial charge is 0.300 e. The molecule has 0 saturated heterocycles. The van der Waals surface area contributed by atoms with E-state index in [1.54, 1.807) is 6.07 Å². The van der Waals surface area contributed by atoms with Crippen LogP contribution in [0.5, 0.6) is 11.8 Å². The number of benzene rings is 1. The van der Waals surface area contributed by atoms with E-state index >= 15 is 0 Å². The highest BCUT2D eigenvalue weighted by atomic mass is 16.6. The maximum atomic E-state index is 11.9. The topological polar surface area (TPSA) is 53.4 Å². The van der Waals surface area contributed by atoms with Crippen molar-refractivity contribution in [2.75, 3.05) is 6.61 Å². The summed E-state index contributed by atoms with van der Waals surface area (Å²) >= 11 is 0. The summed E-state index contributed by atoms with van der Waals surface area (Å²) in [6.07, 6.45) is 9.13. The summed E-state index contributed by atoms with van der Waals surface area (Å²) in [6.45, 7) is 5.43. The molecule has 1 aliphatic heterocycles. The molecule has 5 nitrogen and oxygen atoms in total. The predicted molar refractivity (Wildman–Crippen MR) is 121 cm³/mol. The van der Waals surface area contributed by atoms with E-state index in [1.807, 2.05) is 4.57 Å². The van der Waals surface area contributed by atoms with Gasteiger partial charge < -0.3 is 9.47 Å². The van der Waals surface area contributed by atoms with Gasteiger partial charge in [-0.05, 0) is 73.5 Å². The standard InChI is InChI=1S/C26H34N2O3/c1-17(2)13-21-14-24(29)27-26-28(21)15-23(31-26)16-30-22-11-9-20(10-12-22)25-18-5-3-6-19(25)8-4-7-18/h9-12,14,17-19,23,25H,3-8,13,15-16H2,1-2H3. The lowest BCUT2D eigenvalue weighted by Crippen LogP contribution is -2.30. The average Bonchev–Trinajstić information content (AvgIpc) is 3.15. The lowest BCUT2D eigenvalue weighted by Gasteiger charge is -2.43. The van der Waals surface area contributed by atoms with Crippen molar-refractivity contribution >= 4 is 0 Å². The molecule has 2 aliphatic carbocycles. The molecule has 0 radical (unpaired) electrons. The van der Waals surface area contributed by atoms with Gasteiger partial charge in [0, 0.05) is 11.8 Å². The van der Waals surface area contributed by atoms with Crippen LogP contribution in [0, 0.1) is 17.8 Å². The summed E-state index contributed by atoms with van der Waals surface area (Å²) < 4.78 is 14.0. The highest BCUT2D eigenvalue weighted by molar-refractivity contribution is 5.31. The van der Waals surface area contributed by atoms with Crippen LogP contribution in [-0.2, 0) is 13.0 Å². The van der Waals surface area contributed by atoms with E-state index in [1.165, 1.54) is 44.1 Å². The second kappa shape index (κ2) is 8.68. The van der Waals surface area contributed by atoms with Crippen LogP contribution in [-0.4, -0.2) is 22.3 Å². The number of nitrogens with zero attached hydrogens (tertiary/aromatic N) is 2. The number of ether oxygens (including phenoxy) is 2. The average molecular weight is 423 g/mol. The number of hydrogen-bond acceptors (Lipinski definition) is 4. The van der Waals surface area contributed by atoms with E-state index in [0.717, 1.165) is 35.6 Å². The van der Waals surface area contributed by atoms with Crippen molar-refractivity contribution in [3.05, 3.63) is 51.9 Å². The van der Waals surface area contributed by atoms with Crippen LogP contribution < -0.4 is 15.0 Å². The minimum Gasteiger partial charge on any atom is -0.490 e. The molecule has 1 atom stereocenters. The molecule has 0 N–H and O–H groups in total. The van der Waals surface area contributed by atoms with Gasteiger partial charge in [0.25, 0.3) is 11.6 Å². The Morgan fingerprint density at radius 3 is 2.42 bits per heavy atom. The maximum absolute atomic E-state index is 11.9. The fraction of sp³-hybridized carbons (Fsp3) is 0.615. The van der Waals surface area contributed by atoms with Crippen molar-refractivity contribution in [1.82, 2.24) is 9.55 Å². The molecule has 0 spiro atoms. The zero-order valence-corrected chi connectivity index (χ0v) is 18.8. The van der Waals surface area contributed by atoms with Gasteiger partial charge in [-0.25, -0.2) is 0 Å². The van der Waals surface area contributed by atoms with Crippen molar-refractivity contribution in [2.24, 2.45) is 17.8 Å². The van der Waals surface area contributed by atoms with Crippen molar-refractivity contribution < 1.29 is 9.47 Å². The van der Waals surface area contributed by atoms with Crippen LogP contribution in [0.4, 0.5) is 0 Å². The van der Waals surface area contributed by atoms with Gasteiger partial charge in [0.2, 0.25) is 0 Å². The zero-order valence-electron chi connectivity index (χ0n) is 18.8. The SMILES string of the molecule is CC(C)Cc1cc(=O)nc2n1CC(COc1ccc(C3C4CCCC3CCC4)cc1)O2. The molecule has 2 aromatic rings. The fourth-order valence-electron chi connectivity index (χ4n) is 6.08. The Balaban J connectivity index is 1.21. The van der Waals surface area contributed by atoms with Gasteiger partial charge in [0.1, 0.15) is 12.4 Å². The van der Waals surface area contributed by atoms with E-state index < -0.39 is 0 Å². The van der Waals surface area contributed by atoms with Gasteiger partial charge in [-0.1, -0.05) is 38.8 Å². The number of hydrogen-bond donors (Lipinski definition) is 0. The quantitative estimate of drug-likeness (QED) is 0.660. The molecule has 2 bridgehead atoms. The van der Waals surface area contributed by atoms with Crippen molar-refractivity contribution in [3.63, 3.8) is 0 Å². The Hall–Kier alpha value is -2.30. The third-order valence-corrected chi connectivity index (χ3v) is 7.37. The van der Waals surface area contributed by atoms with E-state index in [2.05, 4.69) is 43.1 Å². The third kappa shape index (κ3) is 4.37. The van der Waals surface area contributed by atoms with Gasteiger partial charge >= 0.3 is 0 Å². The molecule has 5 rings (SSSR count). The molecule has 1 unspecified atom stereocenters. The van der Waals surface area contributed by atoms with Crippen LogP contribution in [0.1, 0.15) is 69.5 Å². The lowest BCUT2D eigenvalue weighted by molar-refractivity contribution is 0.143. The van der Waals surface area contributed by atoms with Crippen molar-refractivity contribution in [1.29, 1.82) is 0 Å². The molecule has 2 heterocycles. The normalized spacial score (nSPS) is 27.1. The molecule has 31 heavy (non-hydrogen) atoms. The summed E-state index contributed by atoms with van der Waals surface area (Å²) in [5.74, 6) is 3.85. The monoisotopic (exact) mass is 422 g/mol. The van der Waals surface area contributed by atoms with Crippen LogP contribution in [0.3, 0.4) is 0 Å². The molecule has 0 amide bonds. The maximum Gasteiger partial charge on any atom is 0.300 e. The minimum atomic E-state index is -0.230. The molecule has 1 aromatic carbocycles. The zero-order chi connectivity index (χ0) is 21.4. The Kier molecular flexibility index (Phi) is 5.77. The Morgan fingerprint density at radius 2 is 1.77 bits per heavy atom. The summed E-state index contributed by atoms with van der Waals surface area (Å²) in [4.78, 5) is 16.0. The number of rotatable bonds is 6. The molecular weight excluding hydrogens is 388 g/mol. The van der Waals surface area contributed by atoms with Crippen LogP contribution in [0.2, 0.25) is 0 Å². The fourth-order valence-corrected chi connectivity index (χ4v) is 6.08. The van der Waals surface area contributed by atoms with E-state index in [-0.39, 0.29) is 11.7 Å². The van der Waals surface area contributed by atoms with E-state index in [9.17, 15) is 4.79 Å². The molecule has 2 fully saturated rings. The largest absolute Gasteiger partial charge is 0.490 e. The first-order valence-corrected chi connectivity index (χ1v) is 12.1. The molecule has 1 aromatic heterocycles. The van der Waals surface area contributed by atoms with Crippen molar-refractivity contribution in [2.45, 2.75) is 77.4 Å². The Morgan fingerprint density at radius 1 is 1.10 bits per heavy atom. The van der Waals surface area contributed by atoms with E-state index in [4.69, 9.17) is 9.47 Å². The number of fused-ring (bicyclic) bond motifs is 3. The van der Waals surface area contributed by atoms with Gasteiger partial charge in [-0.15, -0.1) is 0 Å². The second-order valence-corrected chi connectivity index (χ2v) is 10.1. The summed E-state index contributed by atoms with van der Waals surface area (Å²) in [7, 11) is 0. The first kappa shape index (κ1) is 20.6. The highest BCUT2D eigenvalue weighted by Gasteiger charge is 2.37. The van der Waals surface area contributed by atoms with Gasteiger partial charge in [-0.2, -0.15) is 4.98 Å². The molecule has 2 saturated carbocycles. The molecule has 5 heteroatoms. The van der Waals surface area contributed by atoms with Crippen LogP contribution in [0.25, 0.3) is 0 Å². The van der Waals surface area contributed by atoms with Crippen LogP contribution in [0.15, 0.2) is 35.1 Å². The minimum absolute atomic E-state index is 0.127. The molecule has 3 aliphatic rings. The third-order valence-electron chi connectivity index (χ3n) is 7.37. The number of aromatic nitrogens is 2. The van der Waals surface area contributed by atoms with Gasteiger partial charge in [-0.3, -0.25) is 9.36 Å². The van der Waals surface area contributed by atoms with Crippen molar-refractivity contribution in [3.8, 4) is 11.8 Å². The highest BCUT2D eigenvalue weighted by Crippen LogP contribution is 2.49. The predicted octanol–water partition coefficient (Wildman–Crippen LogP) is 4.97. The van der Waals surface area contributed by atoms with Gasteiger partial charge in [0.15, 0.2) is 6.10 Å². The summed E-state index contributed by atoms with van der Waals surface area (Å²) in [5, 5.41) is 0. The van der Waals surface area contributed by atoms with E-state index in [0.29, 0.717) is 25.1 Å². The lowest BCUT2D eigenvalue weighted by atomic mass is 9.62. The first-order chi connectivity index (χ1) is 15.1. The Labute approximate surface area is 184 Å². The summed E-state index contributed by atoms with van der Waals surface area (Å²) in [5.41, 5.74) is 2.26. The molecule has 166 valence electrons. The second-order valence-electron chi connectivity index (χ2n) is 10.1. The Bertz CT molecular complexity index is 944. The first-order valence-electron chi connectivity index (χ1n) is 12.1. The summed E-state index contributed by atoms with van der Waals surface area (Å²) in [6, 6.07) is 10.9. The molecular formula is C26H34N2O3. The van der Waals surface area contributed by atoms with Gasteiger partial charge in [0.05, 0.1) is 6.54 Å². The van der Waals surface area contributed by atoms with Crippen LogP contribution >= 0.6 is 0 Å².